The van der Waals surface area contributed by atoms with Gasteiger partial charge in [-0.2, -0.15) is 0 Å². The summed E-state index contributed by atoms with van der Waals surface area (Å²) >= 11 is 0. The van der Waals surface area contributed by atoms with Crippen molar-refractivity contribution >= 4 is 0 Å². The molecule has 0 spiro atoms. The SMILES string of the molecule is CC(C)Oc1cccc(OCc2cc(F)cc3c2OC(C)(C)C3)c1. The molecule has 4 heteroatoms. The molecule has 1 heterocycles. The molecule has 0 bridgehead atoms. The fourth-order valence-corrected chi connectivity index (χ4v) is 2.92. The van der Waals surface area contributed by atoms with Gasteiger partial charge in [-0.05, 0) is 52.0 Å². The lowest BCUT2D eigenvalue weighted by atomic mass is 10.0. The third-order valence-electron chi connectivity index (χ3n) is 3.77. The van der Waals surface area contributed by atoms with Crippen molar-refractivity contribution < 1.29 is 18.6 Å². The fourth-order valence-electron chi connectivity index (χ4n) is 2.92. The van der Waals surface area contributed by atoms with Crippen molar-refractivity contribution in [2.24, 2.45) is 0 Å². The van der Waals surface area contributed by atoms with Gasteiger partial charge in [0.15, 0.2) is 0 Å². The first-order valence-corrected chi connectivity index (χ1v) is 8.22. The van der Waals surface area contributed by atoms with Crippen LogP contribution in [0.2, 0.25) is 0 Å². The number of halogens is 1. The second-order valence-corrected chi connectivity index (χ2v) is 7.02. The molecular weight excluding hydrogens is 307 g/mol. The van der Waals surface area contributed by atoms with Crippen molar-refractivity contribution in [2.45, 2.75) is 52.4 Å². The summed E-state index contributed by atoms with van der Waals surface area (Å²) in [6.07, 6.45) is 0.799. The molecule has 3 nitrogen and oxygen atoms in total. The molecule has 0 fully saturated rings. The van der Waals surface area contributed by atoms with Crippen molar-refractivity contribution in [3.63, 3.8) is 0 Å². The van der Waals surface area contributed by atoms with E-state index in [2.05, 4.69) is 0 Å². The lowest BCUT2D eigenvalue weighted by molar-refractivity contribution is 0.135. The van der Waals surface area contributed by atoms with E-state index in [-0.39, 0.29) is 24.1 Å². The summed E-state index contributed by atoms with van der Waals surface area (Å²) in [5.74, 6) is 1.93. The highest BCUT2D eigenvalue weighted by Gasteiger charge is 2.32. The molecular formula is C20H23FO3. The molecule has 0 saturated heterocycles. The molecule has 0 unspecified atom stereocenters. The number of fused-ring (bicyclic) bond motifs is 1. The van der Waals surface area contributed by atoms with Gasteiger partial charge < -0.3 is 14.2 Å². The largest absolute Gasteiger partial charge is 0.491 e. The summed E-state index contributed by atoms with van der Waals surface area (Å²) in [5, 5.41) is 0. The van der Waals surface area contributed by atoms with Crippen LogP contribution in [0, 0.1) is 5.82 Å². The van der Waals surface area contributed by atoms with Crippen molar-refractivity contribution in [1.82, 2.24) is 0 Å². The highest BCUT2D eigenvalue weighted by molar-refractivity contribution is 5.46. The Hall–Kier alpha value is -2.23. The van der Waals surface area contributed by atoms with Crippen LogP contribution in [0.1, 0.15) is 38.8 Å². The van der Waals surface area contributed by atoms with Crippen molar-refractivity contribution in [2.75, 3.05) is 0 Å². The Bertz CT molecular complexity index is 738. The molecule has 0 amide bonds. The van der Waals surface area contributed by atoms with Crippen molar-refractivity contribution in [1.29, 1.82) is 0 Å². The summed E-state index contributed by atoms with van der Waals surface area (Å²) in [5.41, 5.74) is 1.32. The summed E-state index contributed by atoms with van der Waals surface area (Å²) in [6, 6.07) is 10.5. The molecule has 1 aliphatic rings. The van der Waals surface area contributed by atoms with Gasteiger partial charge >= 0.3 is 0 Å². The van der Waals surface area contributed by atoms with Gasteiger partial charge in [0.25, 0.3) is 0 Å². The first kappa shape index (κ1) is 16.6. The van der Waals surface area contributed by atoms with Crippen LogP contribution in [-0.2, 0) is 13.0 Å². The zero-order chi connectivity index (χ0) is 17.3. The Balaban J connectivity index is 1.77. The predicted molar refractivity (Wildman–Crippen MR) is 91.3 cm³/mol. The molecule has 0 saturated carbocycles. The van der Waals surface area contributed by atoms with E-state index in [9.17, 15) is 4.39 Å². The Labute approximate surface area is 142 Å². The molecule has 0 atom stereocenters. The minimum absolute atomic E-state index is 0.0994. The average Bonchev–Trinajstić information content (AvgIpc) is 2.78. The normalized spacial score (nSPS) is 15.1. The highest BCUT2D eigenvalue weighted by atomic mass is 19.1. The maximum atomic E-state index is 13.9. The van der Waals surface area contributed by atoms with E-state index in [1.54, 1.807) is 6.07 Å². The monoisotopic (exact) mass is 330 g/mol. The van der Waals surface area contributed by atoms with E-state index in [0.29, 0.717) is 12.2 Å². The van der Waals surface area contributed by atoms with Gasteiger partial charge in [-0.3, -0.25) is 0 Å². The number of rotatable bonds is 5. The Morgan fingerprint density at radius 1 is 1.17 bits per heavy atom. The topological polar surface area (TPSA) is 27.7 Å². The zero-order valence-corrected chi connectivity index (χ0v) is 14.6. The van der Waals surface area contributed by atoms with Crippen LogP contribution in [0.25, 0.3) is 0 Å². The lowest BCUT2D eigenvalue weighted by Crippen LogP contribution is -2.25. The van der Waals surface area contributed by atoms with Crippen LogP contribution in [0.4, 0.5) is 4.39 Å². The smallest absolute Gasteiger partial charge is 0.130 e. The summed E-state index contributed by atoms with van der Waals surface area (Å²) in [4.78, 5) is 0. The van der Waals surface area contributed by atoms with E-state index >= 15 is 0 Å². The Kier molecular flexibility index (Phi) is 4.39. The molecule has 3 rings (SSSR count). The highest BCUT2D eigenvalue weighted by Crippen LogP contribution is 2.38. The minimum Gasteiger partial charge on any atom is -0.491 e. The number of ether oxygens (including phenoxy) is 3. The molecule has 0 N–H and O–H groups in total. The number of hydrogen-bond acceptors (Lipinski definition) is 3. The molecule has 1 aliphatic heterocycles. The van der Waals surface area contributed by atoms with Gasteiger partial charge in [0.2, 0.25) is 0 Å². The standard InChI is InChI=1S/C20H23FO3/c1-13(2)23-18-7-5-6-17(10-18)22-12-15-9-16(21)8-14-11-20(3,4)24-19(14)15/h5-10,13H,11-12H2,1-4H3. The van der Waals surface area contributed by atoms with E-state index < -0.39 is 0 Å². The summed E-state index contributed by atoms with van der Waals surface area (Å²) < 4.78 is 31.3. The third-order valence-corrected chi connectivity index (χ3v) is 3.77. The first-order valence-electron chi connectivity index (χ1n) is 8.22. The molecule has 24 heavy (non-hydrogen) atoms. The van der Waals surface area contributed by atoms with Gasteiger partial charge in [-0.1, -0.05) is 6.07 Å². The molecule has 128 valence electrons. The van der Waals surface area contributed by atoms with Crippen LogP contribution in [0.3, 0.4) is 0 Å². The summed E-state index contributed by atoms with van der Waals surface area (Å²) in [6.45, 7) is 8.21. The van der Waals surface area contributed by atoms with Gasteiger partial charge in [0.05, 0.1) is 6.10 Å². The Morgan fingerprint density at radius 3 is 2.67 bits per heavy atom. The number of benzene rings is 2. The second-order valence-electron chi connectivity index (χ2n) is 7.02. The van der Waals surface area contributed by atoms with E-state index in [1.165, 1.54) is 6.07 Å². The molecule has 0 radical (unpaired) electrons. The van der Waals surface area contributed by atoms with Gasteiger partial charge in [0.1, 0.15) is 35.3 Å². The molecule has 0 aromatic heterocycles. The van der Waals surface area contributed by atoms with Gasteiger partial charge in [-0.25, -0.2) is 4.39 Å². The second kappa shape index (κ2) is 6.34. The average molecular weight is 330 g/mol. The van der Waals surface area contributed by atoms with Crippen LogP contribution in [0.15, 0.2) is 36.4 Å². The fraction of sp³-hybridized carbons (Fsp3) is 0.400. The van der Waals surface area contributed by atoms with Crippen LogP contribution in [0.5, 0.6) is 17.2 Å². The third kappa shape index (κ3) is 3.81. The predicted octanol–water partition coefficient (Wildman–Crippen LogP) is 4.91. The van der Waals surface area contributed by atoms with E-state index in [0.717, 1.165) is 22.6 Å². The molecule has 2 aromatic carbocycles. The van der Waals surface area contributed by atoms with Gasteiger partial charge in [-0.15, -0.1) is 0 Å². The zero-order valence-electron chi connectivity index (χ0n) is 14.6. The maximum absolute atomic E-state index is 13.9. The first-order chi connectivity index (χ1) is 11.3. The molecule has 0 aliphatic carbocycles. The quantitative estimate of drug-likeness (QED) is 0.780. The van der Waals surface area contributed by atoms with Crippen LogP contribution >= 0.6 is 0 Å². The van der Waals surface area contributed by atoms with E-state index in [4.69, 9.17) is 14.2 Å². The van der Waals surface area contributed by atoms with Crippen molar-refractivity contribution in [3.05, 3.63) is 53.3 Å². The lowest BCUT2D eigenvalue weighted by Gasteiger charge is -2.18. The number of hydrogen-bond donors (Lipinski definition) is 0. The van der Waals surface area contributed by atoms with Crippen LogP contribution < -0.4 is 14.2 Å². The Morgan fingerprint density at radius 2 is 1.92 bits per heavy atom. The summed E-state index contributed by atoms with van der Waals surface area (Å²) in [7, 11) is 0. The minimum atomic E-state index is -0.310. The van der Waals surface area contributed by atoms with E-state index in [1.807, 2.05) is 52.0 Å². The van der Waals surface area contributed by atoms with Crippen molar-refractivity contribution in [3.8, 4) is 17.2 Å². The van der Waals surface area contributed by atoms with Crippen LogP contribution in [-0.4, -0.2) is 11.7 Å². The van der Waals surface area contributed by atoms with Gasteiger partial charge in [0, 0.05) is 23.6 Å². The maximum Gasteiger partial charge on any atom is 0.130 e. The molecule has 2 aromatic rings.